The SMILES string of the molecule is Cc1nn[c-]nn1.[Y]. The van der Waals surface area contributed by atoms with Crippen LogP contribution in [0.15, 0.2) is 0 Å². The summed E-state index contributed by atoms with van der Waals surface area (Å²) < 4.78 is 0. The zero-order chi connectivity index (χ0) is 5.11. The van der Waals surface area contributed by atoms with Gasteiger partial charge in [-0.2, -0.15) is 10.2 Å². The molecular formula is C3H3N4Y-. The van der Waals surface area contributed by atoms with E-state index in [1.54, 1.807) is 6.92 Å². The smallest absolute Gasteiger partial charge is 0.163 e. The van der Waals surface area contributed by atoms with Crippen molar-refractivity contribution in [1.82, 2.24) is 20.4 Å². The maximum absolute atomic E-state index is 3.50. The van der Waals surface area contributed by atoms with Gasteiger partial charge in [-0.3, -0.25) is 0 Å². The summed E-state index contributed by atoms with van der Waals surface area (Å²) in [7, 11) is 0. The molecule has 0 atom stereocenters. The molecule has 0 saturated heterocycles. The van der Waals surface area contributed by atoms with E-state index in [0.717, 1.165) is 0 Å². The Morgan fingerprint density at radius 3 is 2.00 bits per heavy atom. The van der Waals surface area contributed by atoms with Crippen LogP contribution in [0, 0.1) is 13.3 Å². The summed E-state index contributed by atoms with van der Waals surface area (Å²) in [6.45, 7) is 1.72. The number of rotatable bonds is 0. The van der Waals surface area contributed by atoms with Gasteiger partial charge in [0, 0.05) is 32.7 Å². The minimum absolute atomic E-state index is 0. The van der Waals surface area contributed by atoms with E-state index >= 15 is 0 Å². The third kappa shape index (κ3) is 2.38. The molecule has 0 amide bonds. The van der Waals surface area contributed by atoms with Crippen LogP contribution in [-0.2, 0) is 32.7 Å². The second-order valence-corrected chi connectivity index (χ2v) is 1.05. The quantitative estimate of drug-likeness (QED) is 0.504. The molecule has 0 bridgehead atoms. The third-order valence-electron chi connectivity index (χ3n) is 0.479. The van der Waals surface area contributed by atoms with E-state index in [1.165, 1.54) is 0 Å². The molecule has 0 saturated carbocycles. The summed E-state index contributed by atoms with van der Waals surface area (Å²) in [6.07, 6.45) is 2.21. The van der Waals surface area contributed by atoms with E-state index in [0.29, 0.717) is 5.82 Å². The van der Waals surface area contributed by atoms with Crippen molar-refractivity contribution in [3.63, 3.8) is 0 Å². The molecule has 8 heavy (non-hydrogen) atoms. The van der Waals surface area contributed by atoms with E-state index < -0.39 is 0 Å². The molecule has 1 heterocycles. The Kier molecular flexibility index (Phi) is 4.00. The molecular weight excluding hydrogens is 181 g/mol. The molecule has 0 aliphatic carbocycles. The largest absolute Gasteiger partial charge is 0.349 e. The first kappa shape index (κ1) is 8.04. The summed E-state index contributed by atoms with van der Waals surface area (Å²) in [4.78, 5) is 0. The third-order valence-corrected chi connectivity index (χ3v) is 0.479. The molecule has 5 heteroatoms. The molecule has 1 radical (unpaired) electrons. The summed E-state index contributed by atoms with van der Waals surface area (Å²) in [6, 6.07) is 0. The van der Waals surface area contributed by atoms with Crippen LogP contribution in [0.25, 0.3) is 0 Å². The van der Waals surface area contributed by atoms with Crippen LogP contribution in [0.2, 0.25) is 0 Å². The fraction of sp³-hybridized carbons (Fsp3) is 0.333. The Labute approximate surface area is 72.0 Å². The normalized spacial score (nSPS) is 7.62. The van der Waals surface area contributed by atoms with Crippen LogP contribution in [0.5, 0.6) is 0 Å². The second-order valence-electron chi connectivity index (χ2n) is 1.05. The molecule has 0 fully saturated rings. The maximum atomic E-state index is 3.50. The first-order valence-electron chi connectivity index (χ1n) is 1.79. The van der Waals surface area contributed by atoms with E-state index in [2.05, 4.69) is 26.7 Å². The minimum Gasteiger partial charge on any atom is -0.349 e. The predicted octanol–water partition coefficient (Wildman–Crippen LogP) is -0.627. The number of aryl methyl sites for hydroxylation is 1. The van der Waals surface area contributed by atoms with Crippen molar-refractivity contribution in [2.45, 2.75) is 6.92 Å². The van der Waals surface area contributed by atoms with Crippen LogP contribution >= 0.6 is 0 Å². The van der Waals surface area contributed by atoms with E-state index in [9.17, 15) is 0 Å². The summed E-state index contributed by atoms with van der Waals surface area (Å²) >= 11 is 0. The van der Waals surface area contributed by atoms with Crippen molar-refractivity contribution in [1.29, 1.82) is 0 Å². The van der Waals surface area contributed by atoms with Crippen LogP contribution < -0.4 is 0 Å². The number of aromatic nitrogens is 4. The van der Waals surface area contributed by atoms with Gasteiger partial charge in [-0.15, -0.1) is 0 Å². The zero-order valence-corrected chi connectivity index (χ0v) is 7.20. The summed E-state index contributed by atoms with van der Waals surface area (Å²) in [5.41, 5.74) is 0. The molecule has 4 nitrogen and oxygen atoms in total. The van der Waals surface area contributed by atoms with Gasteiger partial charge >= 0.3 is 0 Å². The fourth-order valence-electron chi connectivity index (χ4n) is 0.229. The van der Waals surface area contributed by atoms with Crippen molar-refractivity contribution in [2.24, 2.45) is 0 Å². The van der Waals surface area contributed by atoms with Crippen molar-refractivity contribution < 1.29 is 32.7 Å². The number of nitrogens with zero attached hydrogens (tertiary/aromatic N) is 4. The van der Waals surface area contributed by atoms with Gasteiger partial charge in [-0.05, 0) is 6.92 Å². The van der Waals surface area contributed by atoms with Crippen LogP contribution in [0.4, 0.5) is 0 Å². The molecule has 0 N–H and O–H groups in total. The molecule has 0 spiro atoms. The second kappa shape index (κ2) is 3.98. The van der Waals surface area contributed by atoms with Gasteiger partial charge in [0.1, 0.15) is 0 Å². The molecule has 0 aromatic carbocycles. The molecule has 39 valence electrons. The predicted molar refractivity (Wildman–Crippen MR) is 21.2 cm³/mol. The van der Waals surface area contributed by atoms with Gasteiger partial charge in [0.05, 0.1) is 0 Å². The zero-order valence-electron chi connectivity index (χ0n) is 4.37. The van der Waals surface area contributed by atoms with Gasteiger partial charge in [-0.25, -0.2) is 6.33 Å². The first-order chi connectivity index (χ1) is 3.39. The molecule has 0 aliphatic heterocycles. The monoisotopic (exact) mass is 184 g/mol. The molecule has 1 aromatic heterocycles. The minimum atomic E-state index is 0. The Balaban J connectivity index is 0.000000490. The van der Waals surface area contributed by atoms with Crippen LogP contribution in [0.3, 0.4) is 0 Å². The van der Waals surface area contributed by atoms with Crippen molar-refractivity contribution in [3.05, 3.63) is 12.2 Å². The van der Waals surface area contributed by atoms with E-state index in [4.69, 9.17) is 0 Å². The number of hydrogen-bond donors (Lipinski definition) is 0. The van der Waals surface area contributed by atoms with E-state index in [-0.39, 0.29) is 32.7 Å². The Hall–Kier alpha value is 0.0439. The van der Waals surface area contributed by atoms with Gasteiger partial charge in [-0.1, -0.05) is 0 Å². The van der Waals surface area contributed by atoms with Crippen molar-refractivity contribution in [3.8, 4) is 0 Å². The van der Waals surface area contributed by atoms with Crippen molar-refractivity contribution in [2.75, 3.05) is 0 Å². The van der Waals surface area contributed by atoms with Crippen molar-refractivity contribution >= 4 is 0 Å². The topological polar surface area (TPSA) is 51.6 Å². The molecule has 0 aliphatic rings. The van der Waals surface area contributed by atoms with Gasteiger partial charge in [0.25, 0.3) is 0 Å². The number of hydrogen-bond acceptors (Lipinski definition) is 4. The Bertz CT molecular complexity index is 141. The van der Waals surface area contributed by atoms with Crippen LogP contribution in [-0.4, -0.2) is 20.4 Å². The van der Waals surface area contributed by atoms with Gasteiger partial charge in [0.15, 0.2) is 5.82 Å². The average molecular weight is 184 g/mol. The molecule has 1 aromatic rings. The van der Waals surface area contributed by atoms with Gasteiger partial charge in [0.2, 0.25) is 0 Å². The maximum Gasteiger partial charge on any atom is 0.163 e. The Morgan fingerprint density at radius 1 is 1.25 bits per heavy atom. The first-order valence-corrected chi connectivity index (χ1v) is 1.79. The Morgan fingerprint density at radius 2 is 1.75 bits per heavy atom. The molecule has 0 unspecified atom stereocenters. The fourth-order valence-corrected chi connectivity index (χ4v) is 0.229. The molecule has 1 rings (SSSR count). The van der Waals surface area contributed by atoms with E-state index in [1.807, 2.05) is 0 Å². The summed E-state index contributed by atoms with van der Waals surface area (Å²) in [5.74, 6) is 0.568. The van der Waals surface area contributed by atoms with Gasteiger partial charge < -0.3 is 10.2 Å². The average Bonchev–Trinajstić information content (AvgIpc) is 1.69. The standard InChI is InChI=1S/C3H3N4.Y/c1-3-6-4-2-5-7-3;/h1H3;/q-1;. The summed E-state index contributed by atoms with van der Waals surface area (Å²) in [5, 5.41) is 13.7. The van der Waals surface area contributed by atoms with Crippen LogP contribution in [0.1, 0.15) is 5.82 Å².